The molecule has 0 aliphatic heterocycles. The normalized spacial score (nSPS) is 11.2. The molecule has 94 valence electrons. The Morgan fingerprint density at radius 1 is 1.47 bits per heavy atom. The van der Waals surface area contributed by atoms with Crippen LogP contribution in [0.3, 0.4) is 0 Å². The summed E-state index contributed by atoms with van der Waals surface area (Å²) in [6, 6.07) is 7.93. The zero-order valence-corrected chi connectivity index (χ0v) is 10.6. The number of hydrogen-bond donors (Lipinski definition) is 2. The van der Waals surface area contributed by atoms with Gasteiger partial charge in [0.2, 0.25) is 5.91 Å². The van der Waals surface area contributed by atoms with E-state index in [0.29, 0.717) is 6.54 Å². The van der Waals surface area contributed by atoms with Gasteiger partial charge in [0, 0.05) is 12.0 Å². The van der Waals surface area contributed by atoms with Gasteiger partial charge in [0.25, 0.3) is 0 Å². The van der Waals surface area contributed by atoms with Gasteiger partial charge in [-0.15, -0.1) is 0 Å². The third kappa shape index (κ3) is 4.07. The highest BCUT2D eigenvalue weighted by atomic mass is 16.5. The predicted octanol–water partition coefficient (Wildman–Crippen LogP) is 1.05. The summed E-state index contributed by atoms with van der Waals surface area (Å²) in [5, 5.41) is 3.05. The van der Waals surface area contributed by atoms with Crippen LogP contribution in [0.4, 0.5) is 0 Å². The van der Waals surface area contributed by atoms with Crippen molar-refractivity contribution in [3.8, 4) is 5.75 Å². The van der Waals surface area contributed by atoms with E-state index in [1.165, 1.54) is 0 Å². The molecule has 3 N–H and O–H groups in total. The van der Waals surface area contributed by atoms with Gasteiger partial charge in [-0.2, -0.15) is 0 Å². The molecule has 0 aliphatic rings. The number of benzene rings is 1. The van der Waals surface area contributed by atoms with Gasteiger partial charge in [0.15, 0.2) is 0 Å². The zero-order chi connectivity index (χ0) is 12.9. The van der Waals surface area contributed by atoms with E-state index in [1.807, 2.05) is 18.2 Å². The summed E-state index contributed by atoms with van der Waals surface area (Å²) in [6.07, 6.45) is 0. The number of nitrogens with one attached hydrogen (secondary N) is 1. The number of ether oxygens (including phenoxy) is 1. The van der Waals surface area contributed by atoms with Gasteiger partial charge in [-0.3, -0.25) is 4.79 Å². The monoisotopic (exact) mass is 236 g/mol. The van der Waals surface area contributed by atoms with Crippen molar-refractivity contribution in [1.82, 2.24) is 5.32 Å². The molecule has 0 saturated carbocycles. The van der Waals surface area contributed by atoms with Crippen LogP contribution in [0.1, 0.15) is 19.4 Å². The van der Waals surface area contributed by atoms with E-state index >= 15 is 0 Å². The number of nitrogens with two attached hydrogens (primary N) is 1. The average Bonchev–Trinajstić information content (AvgIpc) is 2.28. The van der Waals surface area contributed by atoms with Gasteiger partial charge in [0.1, 0.15) is 5.75 Å². The highest BCUT2D eigenvalue weighted by molar-refractivity contribution is 5.75. The molecule has 1 rings (SSSR count). The van der Waals surface area contributed by atoms with Crippen molar-refractivity contribution in [3.63, 3.8) is 0 Å². The Hall–Kier alpha value is -1.55. The van der Waals surface area contributed by atoms with E-state index < -0.39 is 0 Å². The summed E-state index contributed by atoms with van der Waals surface area (Å²) in [7, 11) is 1.65. The fraction of sp³-hybridized carbons (Fsp3) is 0.462. The first-order valence-electron chi connectivity index (χ1n) is 5.59. The molecule has 0 saturated heterocycles. The van der Waals surface area contributed by atoms with Crippen molar-refractivity contribution < 1.29 is 9.53 Å². The van der Waals surface area contributed by atoms with Crippen LogP contribution in [0.5, 0.6) is 5.75 Å². The lowest BCUT2D eigenvalue weighted by atomic mass is 9.84. The second-order valence-corrected chi connectivity index (χ2v) is 4.69. The smallest absolute Gasteiger partial charge is 0.231 e. The topological polar surface area (TPSA) is 64.3 Å². The summed E-state index contributed by atoms with van der Waals surface area (Å²) in [6.45, 7) is 5.10. The molecule has 0 atom stereocenters. The fourth-order valence-corrected chi connectivity index (χ4v) is 1.64. The number of amides is 1. The van der Waals surface area contributed by atoms with Crippen LogP contribution in [0, 0.1) is 0 Å². The minimum absolute atomic E-state index is 0.0794. The lowest BCUT2D eigenvalue weighted by Gasteiger charge is -2.25. The van der Waals surface area contributed by atoms with E-state index in [1.54, 1.807) is 7.11 Å². The second kappa shape index (κ2) is 5.68. The Labute approximate surface area is 102 Å². The quantitative estimate of drug-likeness (QED) is 0.776. The fourth-order valence-electron chi connectivity index (χ4n) is 1.64. The second-order valence-electron chi connectivity index (χ2n) is 4.69. The Bertz CT molecular complexity index is 389. The zero-order valence-electron chi connectivity index (χ0n) is 10.6. The predicted molar refractivity (Wildman–Crippen MR) is 68.1 cm³/mol. The first-order valence-corrected chi connectivity index (χ1v) is 5.59. The molecule has 17 heavy (non-hydrogen) atoms. The van der Waals surface area contributed by atoms with Crippen molar-refractivity contribution in [2.24, 2.45) is 5.73 Å². The van der Waals surface area contributed by atoms with Crippen LogP contribution in [0.2, 0.25) is 0 Å². The Balaban J connectivity index is 2.70. The van der Waals surface area contributed by atoms with E-state index in [0.717, 1.165) is 11.3 Å². The molecule has 0 aliphatic carbocycles. The molecule has 0 radical (unpaired) electrons. The van der Waals surface area contributed by atoms with Gasteiger partial charge in [-0.25, -0.2) is 0 Å². The van der Waals surface area contributed by atoms with Crippen LogP contribution in [0.25, 0.3) is 0 Å². The SMILES string of the molecule is COc1cccc(C(C)(C)CNCC(N)=O)c1. The maximum Gasteiger partial charge on any atom is 0.231 e. The summed E-state index contributed by atoms with van der Waals surface area (Å²) in [5.41, 5.74) is 6.17. The highest BCUT2D eigenvalue weighted by Crippen LogP contribution is 2.25. The van der Waals surface area contributed by atoms with E-state index in [2.05, 4.69) is 25.2 Å². The van der Waals surface area contributed by atoms with Gasteiger partial charge in [-0.05, 0) is 17.7 Å². The van der Waals surface area contributed by atoms with Gasteiger partial charge in [-0.1, -0.05) is 26.0 Å². The molecule has 1 amide bonds. The van der Waals surface area contributed by atoms with Crippen molar-refractivity contribution in [3.05, 3.63) is 29.8 Å². The Morgan fingerprint density at radius 3 is 2.76 bits per heavy atom. The van der Waals surface area contributed by atoms with Crippen LogP contribution in [-0.4, -0.2) is 26.1 Å². The van der Waals surface area contributed by atoms with Crippen molar-refractivity contribution >= 4 is 5.91 Å². The van der Waals surface area contributed by atoms with Crippen molar-refractivity contribution in [1.29, 1.82) is 0 Å². The average molecular weight is 236 g/mol. The lowest BCUT2D eigenvalue weighted by Crippen LogP contribution is -2.37. The standard InChI is InChI=1S/C13H20N2O2/c1-13(2,9-15-8-12(14)16)10-5-4-6-11(7-10)17-3/h4-7,15H,8-9H2,1-3H3,(H2,14,16). The minimum Gasteiger partial charge on any atom is -0.497 e. The maximum atomic E-state index is 10.7. The third-order valence-electron chi connectivity index (χ3n) is 2.72. The van der Waals surface area contributed by atoms with Gasteiger partial charge < -0.3 is 15.8 Å². The van der Waals surface area contributed by atoms with Crippen LogP contribution in [-0.2, 0) is 10.2 Å². The third-order valence-corrected chi connectivity index (χ3v) is 2.72. The van der Waals surface area contributed by atoms with Crippen molar-refractivity contribution in [2.45, 2.75) is 19.3 Å². The summed E-state index contributed by atoms with van der Waals surface area (Å²) >= 11 is 0. The van der Waals surface area contributed by atoms with E-state index in [-0.39, 0.29) is 17.9 Å². The molecule has 1 aromatic carbocycles. The summed E-state index contributed by atoms with van der Waals surface area (Å²) in [5.74, 6) is 0.497. The molecule has 0 heterocycles. The molecular weight excluding hydrogens is 216 g/mol. The molecule has 4 nitrogen and oxygen atoms in total. The number of carbonyl (C=O) groups excluding carboxylic acids is 1. The minimum atomic E-state index is -0.341. The summed E-state index contributed by atoms with van der Waals surface area (Å²) < 4.78 is 5.20. The maximum absolute atomic E-state index is 10.7. The number of methoxy groups -OCH3 is 1. The molecule has 1 aromatic rings. The Morgan fingerprint density at radius 2 is 2.18 bits per heavy atom. The van der Waals surface area contributed by atoms with Crippen molar-refractivity contribution in [2.75, 3.05) is 20.2 Å². The first kappa shape index (κ1) is 13.5. The van der Waals surface area contributed by atoms with Crippen LogP contribution in [0.15, 0.2) is 24.3 Å². The highest BCUT2D eigenvalue weighted by Gasteiger charge is 2.20. The lowest BCUT2D eigenvalue weighted by molar-refractivity contribution is -0.117. The number of carbonyl (C=O) groups is 1. The van der Waals surface area contributed by atoms with Gasteiger partial charge in [0.05, 0.1) is 13.7 Å². The largest absolute Gasteiger partial charge is 0.497 e. The molecular formula is C13H20N2O2. The number of primary amides is 1. The first-order chi connectivity index (χ1) is 7.95. The molecule has 0 unspecified atom stereocenters. The Kier molecular flexibility index (Phi) is 4.52. The number of hydrogen-bond acceptors (Lipinski definition) is 3. The molecule has 0 spiro atoms. The summed E-state index contributed by atoms with van der Waals surface area (Å²) in [4.78, 5) is 10.7. The molecule has 4 heteroatoms. The van der Waals surface area contributed by atoms with Gasteiger partial charge >= 0.3 is 0 Å². The number of rotatable bonds is 6. The molecule has 0 bridgehead atoms. The van der Waals surface area contributed by atoms with Crippen LogP contribution < -0.4 is 15.8 Å². The molecule has 0 fully saturated rings. The molecule has 0 aromatic heterocycles. The van der Waals surface area contributed by atoms with E-state index in [4.69, 9.17) is 10.5 Å². The van der Waals surface area contributed by atoms with Crippen LogP contribution >= 0.6 is 0 Å². The van der Waals surface area contributed by atoms with E-state index in [9.17, 15) is 4.79 Å².